The molecule has 1 saturated heterocycles. The van der Waals surface area contributed by atoms with Crippen molar-refractivity contribution in [1.29, 1.82) is 0 Å². The van der Waals surface area contributed by atoms with Crippen molar-refractivity contribution in [2.75, 3.05) is 19.6 Å². The lowest BCUT2D eigenvalue weighted by atomic mass is 10.1. The van der Waals surface area contributed by atoms with Crippen molar-refractivity contribution in [2.24, 2.45) is 5.73 Å². The summed E-state index contributed by atoms with van der Waals surface area (Å²) in [6.45, 7) is 3.22. The Hall–Kier alpha value is -3.18. The lowest BCUT2D eigenvalue weighted by Crippen LogP contribution is -2.50. The van der Waals surface area contributed by atoms with Crippen LogP contribution in [0.2, 0.25) is 0 Å². The number of benzene rings is 2. The van der Waals surface area contributed by atoms with Gasteiger partial charge in [0.1, 0.15) is 6.04 Å². The number of nitrogens with zero attached hydrogens (tertiary/aromatic N) is 1. The van der Waals surface area contributed by atoms with Crippen molar-refractivity contribution in [3.8, 4) is 11.8 Å². The normalized spacial score (nSPS) is 14.5. The molecule has 1 atom stereocenters. The van der Waals surface area contributed by atoms with Gasteiger partial charge in [-0.15, -0.1) is 0 Å². The number of likely N-dealkylation sites (tertiary alicyclic amines) is 1. The first-order chi connectivity index (χ1) is 14.6. The molecule has 2 aromatic rings. The molecule has 2 aromatic carbocycles. The van der Waals surface area contributed by atoms with Gasteiger partial charge in [-0.1, -0.05) is 24.0 Å². The van der Waals surface area contributed by atoms with Crippen molar-refractivity contribution in [3.63, 3.8) is 0 Å². The van der Waals surface area contributed by atoms with Crippen LogP contribution in [0.5, 0.6) is 0 Å². The number of nitrogens with two attached hydrogens (primary N) is 1. The standard InChI is InChI=1S/C23H26N4O3/c24-15-21(23(29)26-30)25-22(28)20-11-9-18(10-12-20)4-3-17-5-7-19(8-6-17)16-27-13-1-2-14-27/h5-12,21,30H,1-2,13-16,24H2,(H,25,28)(H,26,29)/t21-/m0/s1. The zero-order chi connectivity index (χ0) is 21.3. The highest BCUT2D eigenvalue weighted by Gasteiger charge is 2.19. The predicted molar refractivity (Wildman–Crippen MR) is 114 cm³/mol. The van der Waals surface area contributed by atoms with Crippen LogP contribution in [-0.2, 0) is 11.3 Å². The van der Waals surface area contributed by atoms with Gasteiger partial charge in [0.05, 0.1) is 0 Å². The Labute approximate surface area is 176 Å². The molecular weight excluding hydrogens is 380 g/mol. The van der Waals surface area contributed by atoms with Gasteiger partial charge in [-0.25, -0.2) is 5.48 Å². The molecule has 5 N–H and O–H groups in total. The maximum Gasteiger partial charge on any atom is 0.267 e. The van der Waals surface area contributed by atoms with Crippen LogP contribution in [0.15, 0.2) is 48.5 Å². The fourth-order valence-corrected chi connectivity index (χ4v) is 3.29. The minimum Gasteiger partial charge on any atom is -0.339 e. The maximum atomic E-state index is 12.2. The van der Waals surface area contributed by atoms with E-state index in [9.17, 15) is 9.59 Å². The van der Waals surface area contributed by atoms with Gasteiger partial charge in [-0.2, -0.15) is 0 Å². The van der Waals surface area contributed by atoms with E-state index in [0.717, 1.165) is 17.7 Å². The molecule has 7 heteroatoms. The Morgan fingerprint density at radius 2 is 1.57 bits per heavy atom. The third kappa shape index (κ3) is 5.91. The molecule has 0 aromatic heterocycles. The van der Waals surface area contributed by atoms with Crippen LogP contribution < -0.4 is 16.5 Å². The molecule has 7 nitrogen and oxygen atoms in total. The monoisotopic (exact) mass is 406 g/mol. The summed E-state index contributed by atoms with van der Waals surface area (Å²) in [5.41, 5.74) is 10.3. The van der Waals surface area contributed by atoms with Crippen LogP contribution in [0, 0.1) is 11.8 Å². The highest BCUT2D eigenvalue weighted by atomic mass is 16.5. The van der Waals surface area contributed by atoms with E-state index in [1.165, 1.54) is 37.0 Å². The Morgan fingerprint density at radius 1 is 1.00 bits per heavy atom. The van der Waals surface area contributed by atoms with E-state index in [1.54, 1.807) is 24.3 Å². The number of nitrogens with one attached hydrogen (secondary N) is 2. The third-order valence-electron chi connectivity index (χ3n) is 5.02. The number of carbonyl (C=O) groups excluding carboxylic acids is 2. The van der Waals surface area contributed by atoms with Crippen molar-refractivity contribution in [1.82, 2.24) is 15.7 Å². The second-order valence-corrected chi connectivity index (χ2v) is 7.25. The summed E-state index contributed by atoms with van der Waals surface area (Å²) in [4.78, 5) is 26.1. The van der Waals surface area contributed by atoms with Gasteiger partial charge in [0.2, 0.25) is 0 Å². The van der Waals surface area contributed by atoms with Gasteiger partial charge in [0, 0.05) is 29.8 Å². The molecule has 1 aliphatic heterocycles. The molecule has 3 rings (SSSR count). The second kappa shape index (κ2) is 10.6. The molecule has 30 heavy (non-hydrogen) atoms. The predicted octanol–water partition coefficient (Wildman–Crippen LogP) is 1.24. The van der Waals surface area contributed by atoms with Crippen LogP contribution in [0.4, 0.5) is 0 Å². The number of hydroxylamine groups is 1. The van der Waals surface area contributed by atoms with Gasteiger partial charge in [0.25, 0.3) is 11.8 Å². The van der Waals surface area contributed by atoms with Crippen LogP contribution in [-0.4, -0.2) is 47.6 Å². The number of amides is 2. The summed E-state index contributed by atoms with van der Waals surface area (Å²) in [7, 11) is 0. The summed E-state index contributed by atoms with van der Waals surface area (Å²) in [6, 6.07) is 14.0. The number of carbonyl (C=O) groups is 2. The highest BCUT2D eigenvalue weighted by Crippen LogP contribution is 2.13. The first-order valence-electron chi connectivity index (χ1n) is 9.97. The molecule has 0 spiro atoms. The van der Waals surface area contributed by atoms with Crippen LogP contribution in [0.3, 0.4) is 0 Å². The fourth-order valence-electron chi connectivity index (χ4n) is 3.29. The molecule has 1 heterocycles. The number of hydrogen-bond donors (Lipinski definition) is 4. The maximum absolute atomic E-state index is 12.2. The second-order valence-electron chi connectivity index (χ2n) is 7.25. The first kappa shape index (κ1) is 21.5. The topological polar surface area (TPSA) is 108 Å². The van der Waals surface area contributed by atoms with E-state index in [0.29, 0.717) is 5.56 Å². The van der Waals surface area contributed by atoms with Gasteiger partial charge in [0.15, 0.2) is 0 Å². The Balaban J connectivity index is 1.58. The Bertz CT molecular complexity index is 924. The summed E-state index contributed by atoms with van der Waals surface area (Å²) in [5.74, 6) is 5.00. The van der Waals surface area contributed by atoms with E-state index >= 15 is 0 Å². The Kier molecular flexibility index (Phi) is 7.57. The summed E-state index contributed by atoms with van der Waals surface area (Å²) < 4.78 is 0. The zero-order valence-electron chi connectivity index (χ0n) is 16.7. The molecule has 1 fully saturated rings. The van der Waals surface area contributed by atoms with Crippen molar-refractivity contribution >= 4 is 11.8 Å². The van der Waals surface area contributed by atoms with Gasteiger partial charge in [-0.05, 0) is 67.9 Å². The average Bonchev–Trinajstić information content (AvgIpc) is 3.29. The summed E-state index contributed by atoms with van der Waals surface area (Å²) in [5, 5.41) is 11.1. The van der Waals surface area contributed by atoms with Crippen molar-refractivity contribution in [2.45, 2.75) is 25.4 Å². The van der Waals surface area contributed by atoms with E-state index in [1.807, 2.05) is 12.1 Å². The molecular formula is C23H26N4O3. The van der Waals surface area contributed by atoms with Crippen molar-refractivity contribution < 1.29 is 14.8 Å². The minimum atomic E-state index is -1.00. The first-order valence-corrected chi connectivity index (χ1v) is 9.97. The Morgan fingerprint density at radius 3 is 2.10 bits per heavy atom. The van der Waals surface area contributed by atoms with Gasteiger partial charge in [-0.3, -0.25) is 19.7 Å². The molecule has 2 amide bonds. The molecule has 0 unspecified atom stereocenters. The third-order valence-corrected chi connectivity index (χ3v) is 5.02. The van der Waals surface area contributed by atoms with Crippen molar-refractivity contribution in [3.05, 3.63) is 70.8 Å². The lowest BCUT2D eigenvalue weighted by Gasteiger charge is -2.14. The van der Waals surface area contributed by atoms with E-state index in [4.69, 9.17) is 10.9 Å². The van der Waals surface area contributed by atoms with Crippen LogP contribution >= 0.6 is 0 Å². The van der Waals surface area contributed by atoms with Gasteiger partial charge >= 0.3 is 0 Å². The molecule has 1 aliphatic rings. The highest BCUT2D eigenvalue weighted by molar-refractivity contribution is 5.97. The molecule has 0 saturated carbocycles. The van der Waals surface area contributed by atoms with Gasteiger partial charge < -0.3 is 11.1 Å². The summed E-state index contributed by atoms with van der Waals surface area (Å²) >= 11 is 0. The number of hydrogen-bond acceptors (Lipinski definition) is 5. The SMILES string of the molecule is NC[C@H](NC(=O)c1ccc(C#Cc2ccc(CN3CCCC3)cc2)cc1)C(=O)NO. The van der Waals surface area contributed by atoms with E-state index < -0.39 is 17.9 Å². The minimum absolute atomic E-state index is 0.126. The fraction of sp³-hybridized carbons (Fsp3) is 0.304. The number of rotatable bonds is 6. The van der Waals surface area contributed by atoms with E-state index in [-0.39, 0.29) is 6.54 Å². The zero-order valence-corrected chi connectivity index (χ0v) is 16.7. The molecule has 0 bridgehead atoms. The summed E-state index contributed by atoms with van der Waals surface area (Å²) in [6.07, 6.45) is 2.57. The van der Waals surface area contributed by atoms with Crippen LogP contribution in [0.1, 0.15) is 39.9 Å². The average molecular weight is 406 g/mol. The smallest absolute Gasteiger partial charge is 0.267 e. The van der Waals surface area contributed by atoms with Crippen LogP contribution in [0.25, 0.3) is 0 Å². The quantitative estimate of drug-likeness (QED) is 0.328. The largest absolute Gasteiger partial charge is 0.339 e. The molecule has 0 radical (unpaired) electrons. The molecule has 0 aliphatic carbocycles. The lowest BCUT2D eigenvalue weighted by molar-refractivity contribution is -0.130. The van der Waals surface area contributed by atoms with E-state index in [2.05, 4.69) is 34.2 Å². The molecule has 156 valence electrons.